The Balaban J connectivity index is 1.79. The van der Waals surface area contributed by atoms with Crippen molar-refractivity contribution >= 4 is 5.96 Å². The molecule has 1 aromatic heterocycles. The average Bonchev–Trinajstić information content (AvgIpc) is 3.11. The molecule has 0 aromatic carbocycles. The molecular formula is C14H25N5. The maximum atomic E-state index is 4.27. The second kappa shape index (κ2) is 6.59. The zero-order valence-corrected chi connectivity index (χ0v) is 12.0. The highest BCUT2D eigenvalue weighted by molar-refractivity contribution is 5.79. The largest absolute Gasteiger partial charge is 0.356 e. The predicted octanol–water partition coefficient (Wildman–Crippen LogP) is 2.05. The van der Waals surface area contributed by atoms with Crippen LogP contribution < -0.4 is 10.6 Å². The molecule has 0 aliphatic heterocycles. The monoisotopic (exact) mass is 263 g/mol. The van der Waals surface area contributed by atoms with Crippen LogP contribution >= 0.6 is 0 Å². The van der Waals surface area contributed by atoms with Crippen LogP contribution in [-0.2, 0) is 6.54 Å². The Morgan fingerprint density at radius 3 is 2.79 bits per heavy atom. The third-order valence-electron chi connectivity index (χ3n) is 4.27. The Kier molecular flexibility index (Phi) is 4.82. The van der Waals surface area contributed by atoms with Gasteiger partial charge in [-0.1, -0.05) is 19.8 Å². The van der Waals surface area contributed by atoms with E-state index in [0.717, 1.165) is 24.7 Å². The van der Waals surface area contributed by atoms with E-state index in [2.05, 4.69) is 32.7 Å². The third kappa shape index (κ3) is 3.72. The molecule has 5 heteroatoms. The highest BCUT2D eigenvalue weighted by Crippen LogP contribution is 2.40. The van der Waals surface area contributed by atoms with E-state index in [4.69, 9.17) is 0 Å². The van der Waals surface area contributed by atoms with Gasteiger partial charge in [0.1, 0.15) is 0 Å². The molecule has 5 nitrogen and oxygen atoms in total. The molecule has 0 saturated heterocycles. The van der Waals surface area contributed by atoms with Gasteiger partial charge in [-0.25, -0.2) is 0 Å². The molecule has 1 fully saturated rings. The molecule has 1 saturated carbocycles. The number of nitrogens with zero attached hydrogens (tertiary/aromatic N) is 2. The van der Waals surface area contributed by atoms with Gasteiger partial charge in [-0.2, -0.15) is 5.10 Å². The van der Waals surface area contributed by atoms with Gasteiger partial charge in [0.15, 0.2) is 5.96 Å². The Labute approximate surface area is 115 Å². The zero-order valence-electron chi connectivity index (χ0n) is 12.0. The number of aliphatic imine (C=N–C) groups is 1. The first kappa shape index (κ1) is 13.9. The van der Waals surface area contributed by atoms with Crippen LogP contribution in [0, 0.1) is 5.41 Å². The van der Waals surface area contributed by atoms with Crippen molar-refractivity contribution in [3.63, 3.8) is 0 Å². The van der Waals surface area contributed by atoms with Crippen molar-refractivity contribution in [3.05, 3.63) is 18.0 Å². The molecule has 0 bridgehead atoms. The SMILES string of the molecule is CCC1(CNC(=NC)NCc2ccn[nH]2)CCCC1. The Morgan fingerprint density at radius 2 is 2.21 bits per heavy atom. The van der Waals surface area contributed by atoms with Crippen molar-refractivity contribution < 1.29 is 0 Å². The van der Waals surface area contributed by atoms with E-state index in [1.54, 1.807) is 6.20 Å². The van der Waals surface area contributed by atoms with E-state index >= 15 is 0 Å². The Bertz CT molecular complexity index is 390. The van der Waals surface area contributed by atoms with Crippen molar-refractivity contribution in [2.45, 2.75) is 45.6 Å². The van der Waals surface area contributed by atoms with Crippen molar-refractivity contribution in [3.8, 4) is 0 Å². The van der Waals surface area contributed by atoms with E-state index in [-0.39, 0.29) is 0 Å². The number of nitrogens with one attached hydrogen (secondary N) is 3. The number of hydrogen-bond acceptors (Lipinski definition) is 2. The number of rotatable bonds is 5. The minimum Gasteiger partial charge on any atom is -0.356 e. The summed E-state index contributed by atoms with van der Waals surface area (Å²) in [5.41, 5.74) is 1.54. The second-order valence-electron chi connectivity index (χ2n) is 5.42. The van der Waals surface area contributed by atoms with Crippen molar-refractivity contribution in [1.82, 2.24) is 20.8 Å². The first-order valence-electron chi connectivity index (χ1n) is 7.21. The maximum Gasteiger partial charge on any atom is 0.191 e. The standard InChI is InChI=1S/C14H25N5/c1-3-14(7-4-5-8-14)11-17-13(15-2)16-10-12-6-9-18-19-12/h6,9H,3-5,7-8,10-11H2,1-2H3,(H,18,19)(H2,15,16,17). The van der Waals surface area contributed by atoms with E-state index in [9.17, 15) is 0 Å². The summed E-state index contributed by atoms with van der Waals surface area (Å²) in [6, 6.07) is 1.96. The molecule has 0 radical (unpaired) electrons. The molecular weight excluding hydrogens is 238 g/mol. The minimum atomic E-state index is 0.478. The number of guanidine groups is 1. The first-order chi connectivity index (χ1) is 9.28. The van der Waals surface area contributed by atoms with E-state index in [1.165, 1.54) is 32.1 Å². The fraction of sp³-hybridized carbons (Fsp3) is 0.714. The minimum absolute atomic E-state index is 0.478. The summed E-state index contributed by atoms with van der Waals surface area (Å²) in [5.74, 6) is 0.870. The molecule has 19 heavy (non-hydrogen) atoms. The lowest BCUT2D eigenvalue weighted by Gasteiger charge is -2.28. The van der Waals surface area contributed by atoms with Gasteiger partial charge in [-0.3, -0.25) is 10.1 Å². The van der Waals surface area contributed by atoms with Crippen LogP contribution in [0.5, 0.6) is 0 Å². The fourth-order valence-electron chi connectivity index (χ4n) is 2.83. The lowest BCUT2D eigenvalue weighted by molar-refractivity contribution is 0.283. The number of aromatic nitrogens is 2. The molecule has 1 aliphatic carbocycles. The van der Waals surface area contributed by atoms with E-state index in [1.807, 2.05) is 13.1 Å². The van der Waals surface area contributed by atoms with Crippen LogP contribution in [0.15, 0.2) is 17.3 Å². The summed E-state index contributed by atoms with van der Waals surface area (Å²) >= 11 is 0. The molecule has 0 amide bonds. The zero-order chi connectivity index (χ0) is 13.6. The predicted molar refractivity (Wildman–Crippen MR) is 78.0 cm³/mol. The Morgan fingerprint density at radius 1 is 1.42 bits per heavy atom. The van der Waals surface area contributed by atoms with Crippen LogP contribution in [-0.4, -0.2) is 29.7 Å². The lowest BCUT2D eigenvalue weighted by atomic mass is 9.83. The number of H-pyrrole nitrogens is 1. The van der Waals surface area contributed by atoms with Gasteiger partial charge in [0, 0.05) is 19.8 Å². The molecule has 2 rings (SSSR count). The first-order valence-corrected chi connectivity index (χ1v) is 7.21. The summed E-state index contributed by atoms with van der Waals surface area (Å²) in [4.78, 5) is 4.27. The quantitative estimate of drug-likeness (QED) is 0.562. The van der Waals surface area contributed by atoms with Crippen molar-refractivity contribution in [2.75, 3.05) is 13.6 Å². The summed E-state index contributed by atoms with van der Waals surface area (Å²) in [5, 5.41) is 13.6. The molecule has 3 N–H and O–H groups in total. The van der Waals surface area contributed by atoms with Crippen LogP contribution in [0.4, 0.5) is 0 Å². The molecule has 1 heterocycles. The molecule has 0 spiro atoms. The van der Waals surface area contributed by atoms with E-state index in [0.29, 0.717) is 5.41 Å². The van der Waals surface area contributed by atoms with Crippen LogP contribution in [0.1, 0.15) is 44.7 Å². The molecule has 1 aliphatic rings. The van der Waals surface area contributed by atoms with Crippen molar-refractivity contribution in [1.29, 1.82) is 0 Å². The number of aromatic amines is 1. The average molecular weight is 263 g/mol. The highest BCUT2D eigenvalue weighted by Gasteiger charge is 2.31. The van der Waals surface area contributed by atoms with Gasteiger partial charge in [-0.05, 0) is 30.7 Å². The van der Waals surface area contributed by atoms with Gasteiger partial charge in [0.05, 0.1) is 12.2 Å². The van der Waals surface area contributed by atoms with Crippen LogP contribution in [0.3, 0.4) is 0 Å². The molecule has 0 atom stereocenters. The fourth-order valence-corrected chi connectivity index (χ4v) is 2.83. The topological polar surface area (TPSA) is 65.1 Å². The van der Waals surface area contributed by atoms with E-state index < -0.39 is 0 Å². The highest BCUT2D eigenvalue weighted by atomic mass is 15.2. The third-order valence-corrected chi connectivity index (χ3v) is 4.27. The smallest absolute Gasteiger partial charge is 0.191 e. The van der Waals surface area contributed by atoms with Gasteiger partial charge in [0.2, 0.25) is 0 Å². The molecule has 0 unspecified atom stereocenters. The summed E-state index contributed by atoms with van der Waals surface area (Å²) in [6.07, 6.45) is 8.43. The second-order valence-corrected chi connectivity index (χ2v) is 5.42. The normalized spacial score (nSPS) is 18.5. The summed E-state index contributed by atoms with van der Waals surface area (Å²) in [6.45, 7) is 4.04. The summed E-state index contributed by atoms with van der Waals surface area (Å²) < 4.78 is 0. The van der Waals surface area contributed by atoms with Gasteiger partial charge >= 0.3 is 0 Å². The summed E-state index contributed by atoms with van der Waals surface area (Å²) in [7, 11) is 1.82. The maximum absolute atomic E-state index is 4.27. The Hall–Kier alpha value is -1.52. The van der Waals surface area contributed by atoms with Gasteiger partial charge < -0.3 is 10.6 Å². The van der Waals surface area contributed by atoms with Crippen LogP contribution in [0.2, 0.25) is 0 Å². The lowest BCUT2D eigenvalue weighted by Crippen LogP contribution is -2.42. The van der Waals surface area contributed by atoms with Crippen molar-refractivity contribution in [2.24, 2.45) is 10.4 Å². The molecule has 106 valence electrons. The van der Waals surface area contributed by atoms with Crippen LogP contribution in [0.25, 0.3) is 0 Å². The molecule has 1 aromatic rings. The number of hydrogen-bond donors (Lipinski definition) is 3. The van der Waals surface area contributed by atoms with Gasteiger partial charge in [-0.15, -0.1) is 0 Å². The van der Waals surface area contributed by atoms with Gasteiger partial charge in [0.25, 0.3) is 0 Å².